The van der Waals surface area contributed by atoms with Crippen molar-refractivity contribution in [2.75, 3.05) is 20.8 Å². The summed E-state index contributed by atoms with van der Waals surface area (Å²) >= 11 is 0. The monoisotopic (exact) mass is 209 g/mol. The van der Waals surface area contributed by atoms with Gasteiger partial charge in [-0.05, 0) is 25.0 Å². The third-order valence-electron chi connectivity index (χ3n) is 2.30. The van der Waals surface area contributed by atoms with Gasteiger partial charge in [-0.3, -0.25) is 0 Å². The van der Waals surface area contributed by atoms with E-state index in [4.69, 9.17) is 15.2 Å². The number of rotatable bonds is 5. The van der Waals surface area contributed by atoms with Gasteiger partial charge in [0.25, 0.3) is 0 Å². The Hall–Kier alpha value is -1.06. The summed E-state index contributed by atoms with van der Waals surface area (Å²) in [5, 5.41) is 0. The average Bonchev–Trinajstić information content (AvgIpc) is 2.18. The van der Waals surface area contributed by atoms with Crippen LogP contribution in [-0.2, 0) is 11.2 Å². The third kappa shape index (κ3) is 3.53. The first-order chi connectivity index (χ1) is 7.17. The topological polar surface area (TPSA) is 44.5 Å². The zero-order chi connectivity index (χ0) is 11.3. The molecule has 0 aliphatic rings. The Labute approximate surface area is 91.2 Å². The lowest BCUT2D eigenvalue weighted by molar-refractivity contribution is 0.179. The number of ether oxygens (including phenoxy) is 2. The van der Waals surface area contributed by atoms with Gasteiger partial charge in [0.2, 0.25) is 0 Å². The molecule has 0 aliphatic carbocycles. The number of nitrogens with two attached hydrogens (primary N) is 1. The van der Waals surface area contributed by atoms with Gasteiger partial charge in [-0.1, -0.05) is 17.7 Å². The summed E-state index contributed by atoms with van der Waals surface area (Å²) in [6, 6.07) is 6.13. The number of aryl methyl sites for hydroxylation is 1. The Morgan fingerprint density at radius 1 is 1.33 bits per heavy atom. The van der Waals surface area contributed by atoms with Crippen molar-refractivity contribution in [1.82, 2.24) is 0 Å². The van der Waals surface area contributed by atoms with Crippen LogP contribution in [0, 0.1) is 6.92 Å². The van der Waals surface area contributed by atoms with Crippen molar-refractivity contribution < 1.29 is 9.47 Å². The minimum Gasteiger partial charge on any atom is -0.496 e. The molecule has 1 aromatic rings. The molecule has 3 nitrogen and oxygen atoms in total. The summed E-state index contributed by atoms with van der Waals surface area (Å²) in [4.78, 5) is 0. The van der Waals surface area contributed by atoms with Crippen LogP contribution in [0.15, 0.2) is 18.2 Å². The van der Waals surface area contributed by atoms with E-state index in [9.17, 15) is 0 Å². The molecule has 1 rings (SSSR count). The number of hydrogen-bond donors (Lipinski definition) is 1. The first kappa shape index (κ1) is 12.0. The first-order valence-corrected chi connectivity index (χ1v) is 5.05. The highest BCUT2D eigenvalue weighted by molar-refractivity contribution is 5.37. The molecule has 0 spiro atoms. The van der Waals surface area contributed by atoms with E-state index >= 15 is 0 Å². The van der Waals surface area contributed by atoms with Crippen LogP contribution in [0.5, 0.6) is 5.75 Å². The fraction of sp³-hybridized carbons (Fsp3) is 0.500. The maximum absolute atomic E-state index is 5.91. The van der Waals surface area contributed by atoms with Crippen LogP contribution >= 0.6 is 0 Å². The van der Waals surface area contributed by atoms with Crippen LogP contribution < -0.4 is 10.5 Å². The Balaban J connectivity index is 2.77. The normalized spacial score (nSPS) is 12.5. The minimum atomic E-state index is 0.0192. The predicted octanol–water partition coefficient (Wildman–Crippen LogP) is 1.52. The van der Waals surface area contributed by atoms with Crippen molar-refractivity contribution in [3.05, 3.63) is 29.3 Å². The molecule has 0 radical (unpaired) electrons. The van der Waals surface area contributed by atoms with E-state index in [1.807, 2.05) is 12.1 Å². The van der Waals surface area contributed by atoms with Crippen molar-refractivity contribution in [3.63, 3.8) is 0 Å². The zero-order valence-corrected chi connectivity index (χ0v) is 9.62. The van der Waals surface area contributed by atoms with Crippen LogP contribution in [0.3, 0.4) is 0 Å². The van der Waals surface area contributed by atoms with Crippen LogP contribution in [0.2, 0.25) is 0 Å². The minimum absolute atomic E-state index is 0.0192. The Kier molecular flexibility index (Phi) is 4.59. The number of methoxy groups -OCH3 is 2. The molecule has 0 fully saturated rings. The fourth-order valence-corrected chi connectivity index (χ4v) is 1.62. The molecule has 0 bridgehead atoms. The molecule has 1 unspecified atom stereocenters. The molecule has 0 saturated carbocycles. The zero-order valence-electron chi connectivity index (χ0n) is 9.62. The molecule has 1 atom stereocenters. The Morgan fingerprint density at radius 3 is 2.67 bits per heavy atom. The van der Waals surface area contributed by atoms with E-state index in [-0.39, 0.29) is 6.04 Å². The predicted molar refractivity (Wildman–Crippen MR) is 61.3 cm³/mol. The second kappa shape index (κ2) is 5.73. The molecule has 1 aromatic carbocycles. The molecular weight excluding hydrogens is 190 g/mol. The lowest BCUT2D eigenvalue weighted by Gasteiger charge is -2.14. The average molecular weight is 209 g/mol. The Morgan fingerprint density at radius 2 is 2.07 bits per heavy atom. The summed E-state index contributed by atoms with van der Waals surface area (Å²) in [5.74, 6) is 0.896. The quantitative estimate of drug-likeness (QED) is 0.799. The summed E-state index contributed by atoms with van der Waals surface area (Å²) in [6.07, 6.45) is 0.776. The van der Waals surface area contributed by atoms with E-state index in [0.29, 0.717) is 6.61 Å². The van der Waals surface area contributed by atoms with Crippen molar-refractivity contribution in [2.45, 2.75) is 19.4 Å². The lowest BCUT2D eigenvalue weighted by atomic mass is 10.0. The second-order valence-electron chi connectivity index (χ2n) is 3.73. The van der Waals surface area contributed by atoms with Gasteiger partial charge in [0.1, 0.15) is 5.75 Å². The number of hydrogen-bond acceptors (Lipinski definition) is 3. The lowest BCUT2D eigenvalue weighted by Crippen LogP contribution is -2.28. The van der Waals surface area contributed by atoms with Gasteiger partial charge < -0.3 is 15.2 Å². The molecule has 15 heavy (non-hydrogen) atoms. The summed E-state index contributed by atoms with van der Waals surface area (Å²) in [5.41, 5.74) is 8.27. The van der Waals surface area contributed by atoms with Crippen molar-refractivity contribution in [2.24, 2.45) is 5.73 Å². The van der Waals surface area contributed by atoms with E-state index in [2.05, 4.69) is 13.0 Å². The maximum atomic E-state index is 5.91. The SMILES string of the molecule is COCC(N)Cc1cc(C)ccc1OC. The van der Waals surface area contributed by atoms with Gasteiger partial charge in [0.05, 0.1) is 13.7 Å². The second-order valence-corrected chi connectivity index (χ2v) is 3.73. The molecule has 2 N–H and O–H groups in total. The molecule has 0 aromatic heterocycles. The van der Waals surface area contributed by atoms with Gasteiger partial charge >= 0.3 is 0 Å². The molecular formula is C12H19NO2. The van der Waals surface area contributed by atoms with Gasteiger partial charge in [0.15, 0.2) is 0 Å². The standard InChI is InChI=1S/C12H19NO2/c1-9-4-5-12(15-3)10(6-9)7-11(13)8-14-2/h4-6,11H,7-8,13H2,1-3H3. The largest absolute Gasteiger partial charge is 0.496 e. The fourth-order valence-electron chi connectivity index (χ4n) is 1.62. The molecule has 84 valence electrons. The van der Waals surface area contributed by atoms with E-state index < -0.39 is 0 Å². The Bertz CT molecular complexity index is 312. The highest BCUT2D eigenvalue weighted by Gasteiger charge is 2.08. The maximum Gasteiger partial charge on any atom is 0.122 e. The van der Waals surface area contributed by atoms with Crippen molar-refractivity contribution in [3.8, 4) is 5.75 Å². The van der Waals surface area contributed by atoms with E-state index in [1.54, 1.807) is 14.2 Å². The van der Waals surface area contributed by atoms with Gasteiger partial charge in [0, 0.05) is 13.2 Å². The third-order valence-corrected chi connectivity index (χ3v) is 2.30. The van der Waals surface area contributed by atoms with E-state index in [0.717, 1.165) is 17.7 Å². The highest BCUT2D eigenvalue weighted by atomic mass is 16.5. The van der Waals surface area contributed by atoms with Gasteiger partial charge in [-0.2, -0.15) is 0 Å². The smallest absolute Gasteiger partial charge is 0.122 e. The molecule has 3 heteroatoms. The molecule has 0 aliphatic heterocycles. The van der Waals surface area contributed by atoms with Crippen molar-refractivity contribution in [1.29, 1.82) is 0 Å². The molecule has 0 heterocycles. The summed E-state index contributed by atoms with van der Waals surface area (Å²) in [6.45, 7) is 2.63. The van der Waals surface area contributed by atoms with Gasteiger partial charge in [-0.15, -0.1) is 0 Å². The number of benzene rings is 1. The van der Waals surface area contributed by atoms with Gasteiger partial charge in [-0.25, -0.2) is 0 Å². The van der Waals surface area contributed by atoms with Crippen LogP contribution in [-0.4, -0.2) is 26.9 Å². The van der Waals surface area contributed by atoms with E-state index in [1.165, 1.54) is 5.56 Å². The summed E-state index contributed by atoms with van der Waals surface area (Å²) < 4.78 is 10.3. The van der Waals surface area contributed by atoms with Crippen LogP contribution in [0.1, 0.15) is 11.1 Å². The highest BCUT2D eigenvalue weighted by Crippen LogP contribution is 2.20. The molecule has 0 saturated heterocycles. The first-order valence-electron chi connectivity index (χ1n) is 5.05. The van der Waals surface area contributed by atoms with Crippen LogP contribution in [0.4, 0.5) is 0 Å². The molecule has 0 amide bonds. The summed E-state index contributed by atoms with van der Waals surface area (Å²) in [7, 11) is 3.34. The van der Waals surface area contributed by atoms with Crippen molar-refractivity contribution >= 4 is 0 Å². The van der Waals surface area contributed by atoms with Crippen LogP contribution in [0.25, 0.3) is 0 Å².